The lowest BCUT2D eigenvalue weighted by Gasteiger charge is -2.14. The summed E-state index contributed by atoms with van der Waals surface area (Å²) >= 11 is 0. The predicted octanol–water partition coefficient (Wildman–Crippen LogP) is -0.144. The number of hydrogen-bond acceptors (Lipinski definition) is 4. The Bertz CT molecular complexity index is 202. The first-order chi connectivity index (χ1) is 5.65. The second kappa shape index (κ2) is 3.67. The number of esters is 1. The molecule has 0 saturated heterocycles. The summed E-state index contributed by atoms with van der Waals surface area (Å²) in [5, 5.41) is 0. The van der Waals surface area contributed by atoms with E-state index in [0.717, 1.165) is 6.42 Å². The fraction of sp³-hybridized carbons (Fsp3) is 0.750. The average molecular weight is 171 g/mol. The Kier molecular flexibility index (Phi) is 2.81. The van der Waals surface area contributed by atoms with E-state index in [9.17, 15) is 9.59 Å². The van der Waals surface area contributed by atoms with Gasteiger partial charge in [-0.3, -0.25) is 9.59 Å². The number of nitrogens with two attached hydrogens (primary N) is 1. The zero-order chi connectivity index (χ0) is 9.14. The Labute approximate surface area is 71.1 Å². The van der Waals surface area contributed by atoms with Crippen molar-refractivity contribution in [1.29, 1.82) is 0 Å². The molecule has 1 aliphatic carbocycles. The number of Topliss-reactive ketones (excluding diaryl/α,β-unsaturated/α-hetero) is 1. The van der Waals surface area contributed by atoms with Gasteiger partial charge in [-0.15, -0.1) is 0 Å². The van der Waals surface area contributed by atoms with Gasteiger partial charge in [0.1, 0.15) is 11.8 Å². The first-order valence-corrected chi connectivity index (χ1v) is 4.00. The zero-order valence-corrected chi connectivity index (χ0v) is 7.08. The van der Waals surface area contributed by atoms with E-state index >= 15 is 0 Å². The molecule has 1 saturated carbocycles. The van der Waals surface area contributed by atoms with Crippen molar-refractivity contribution in [2.75, 3.05) is 7.11 Å². The smallest absolute Gasteiger partial charge is 0.322 e. The van der Waals surface area contributed by atoms with Crippen molar-refractivity contribution in [3.63, 3.8) is 0 Å². The number of ketones is 1. The highest BCUT2D eigenvalue weighted by atomic mass is 16.5. The lowest BCUT2D eigenvalue weighted by atomic mass is 9.99. The van der Waals surface area contributed by atoms with E-state index in [0.29, 0.717) is 12.8 Å². The van der Waals surface area contributed by atoms with Crippen molar-refractivity contribution in [1.82, 2.24) is 0 Å². The number of methoxy groups -OCH3 is 1. The average Bonchev–Trinajstić information content (AvgIpc) is 2.49. The Morgan fingerprint density at radius 3 is 2.83 bits per heavy atom. The van der Waals surface area contributed by atoms with Crippen LogP contribution >= 0.6 is 0 Å². The highest BCUT2D eigenvalue weighted by Crippen LogP contribution is 2.24. The van der Waals surface area contributed by atoms with Gasteiger partial charge in [-0.2, -0.15) is 0 Å². The fourth-order valence-electron chi connectivity index (χ4n) is 1.48. The molecular formula is C8H13NO3. The summed E-state index contributed by atoms with van der Waals surface area (Å²) in [6.07, 6.45) is 1.70. The molecule has 68 valence electrons. The Hall–Kier alpha value is -0.900. The highest BCUT2D eigenvalue weighted by Gasteiger charge is 2.31. The molecule has 0 aromatic carbocycles. The van der Waals surface area contributed by atoms with E-state index in [1.54, 1.807) is 0 Å². The minimum atomic E-state index is -0.624. The summed E-state index contributed by atoms with van der Waals surface area (Å²) in [7, 11) is 1.30. The highest BCUT2D eigenvalue weighted by molar-refractivity contribution is 5.83. The summed E-state index contributed by atoms with van der Waals surface area (Å²) in [6.45, 7) is 0. The third-order valence-corrected chi connectivity index (χ3v) is 2.27. The predicted molar refractivity (Wildman–Crippen MR) is 42.3 cm³/mol. The topological polar surface area (TPSA) is 69.4 Å². The molecule has 4 heteroatoms. The Balaban J connectivity index is 2.48. The molecule has 2 atom stereocenters. The van der Waals surface area contributed by atoms with Gasteiger partial charge >= 0.3 is 5.97 Å². The Morgan fingerprint density at radius 1 is 1.75 bits per heavy atom. The second-order valence-corrected chi connectivity index (χ2v) is 3.09. The van der Waals surface area contributed by atoms with Crippen LogP contribution in [0.4, 0.5) is 0 Å². The molecule has 0 spiro atoms. The lowest BCUT2D eigenvalue weighted by molar-refractivity contribution is -0.143. The second-order valence-electron chi connectivity index (χ2n) is 3.09. The van der Waals surface area contributed by atoms with Crippen LogP contribution in [-0.2, 0) is 14.3 Å². The fourth-order valence-corrected chi connectivity index (χ4v) is 1.48. The van der Waals surface area contributed by atoms with E-state index in [-0.39, 0.29) is 11.7 Å². The van der Waals surface area contributed by atoms with Crippen molar-refractivity contribution in [3.05, 3.63) is 0 Å². The molecule has 0 aliphatic heterocycles. The van der Waals surface area contributed by atoms with Gasteiger partial charge in [0.15, 0.2) is 0 Å². The van der Waals surface area contributed by atoms with Crippen LogP contribution in [0.2, 0.25) is 0 Å². The maximum Gasteiger partial charge on any atom is 0.322 e. The van der Waals surface area contributed by atoms with Gasteiger partial charge in [0, 0.05) is 12.8 Å². The van der Waals surface area contributed by atoms with Crippen LogP contribution < -0.4 is 5.73 Å². The quantitative estimate of drug-likeness (QED) is 0.587. The molecule has 0 aromatic rings. The number of carbonyl (C=O) groups excluding carboxylic acids is 2. The largest absolute Gasteiger partial charge is 0.468 e. The standard InChI is InChI=1S/C8H13NO3/c1-12-8(11)7(9)5-2-3-6(10)4-5/h5,7H,2-4,9H2,1H3. The van der Waals surface area contributed by atoms with Gasteiger partial charge < -0.3 is 10.5 Å². The summed E-state index contributed by atoms with van der Waals surface area (Å²) < 4.78 is 4.48. The maximum atomic E-state index is 10.9. The van der Waals surface area contributed by atoms with Crippen molar-refractivity contribution < 1.29 is 14.3 Å². The monoisotopic (exact) mass is 171 g/mol. The molecule has 2 unspecified atom stereocenters. The van der Waals surface area contributed by atoms with E-state index in [1.807, 2.05) is 0 Å². The summed E-state index contributed by atoms with van der Waals surface area (Å²) in [5.41, 5.74) is 5.57. The normalized spacial score (nSPS) is 25.5. The van der Waals surface area contributed by atoms with Crippen molar-refractivity contribution in [3.8, 4) is 0 Å². The van der Waals surface area contributed by atoms with Gasteiger partial charge in [-0.05, 0) is 12.3 Å². The van der Waals surface area contributed by atoms with Crippen LogP contribution in [0.3, 0.4) is 0 Å². The third kappa shape index (κ3) is 1.82. The van der Waals surface area contributed by atoms with E-state index in [1.165, 1.54) is 7.11 Å². The molecule has 0 radical (unpaired) electrons. The SMILES string of the molecule is COC(=O)C(N)C1CCC(=O)C1. The summed E-state index contributed by atoms with van der Waals surface area (Å²) in [6, 6.07) is -0.624. The van der Waals surface area contributed by atoms with Crippen LogP contribution in [0.15, 0.2) is 0 Å². The maximum absolute atomic E-state index is 10.9. The number of rotatable bonds is 2. The minimum absolute atomic E-state index is 0.00931. The van der Waals surface area contributed by atoms with Crippen molar-refractivity contribution in [2.24, 2.45) is 11.7 Å². The molecule has 12 heavy (non-hydrogen) atoms. The zero-order valence-electron chi connectivity index (χ0n) is 7.08. The number of carbonyl (C=O) groups is 2. The van der Waals surface area contributed by atoms with Gasteiger partial charge in [0.2, 0.25) is 0 Å². The molecule has 0 amide bonds. The first-order valence-electron chi connectivity index (χ1n) is 4.00. The summed E-state index contributed by atoms with van der Waals surface area (Å²) in [4.78, 5) is 21.8. The van der Waals surface area contributed by atoms with E-state index in [4.69, 9.17) is 5.73 Å². The Morgan fingerprint density at radius 2 is 2.42 bits per heavy atom. The minimum Gasteiger partial charge on any atom is -0.468 e. The van der Waals surface area contributed by atoms with E-state index in [2.05, 4.69) is 4.74 Å². The van der Waals surface area contributed by atoms with Gasteiger partial charge in [-0.1, -0.05) is 0 Å². The van der Waals surface area contributed by atoms with Gasteiger partial charge in [-0.25, -0.2) is 0 Å². The first kappa shape index (κ1) is 9.19. The van der Waals surface area contributed by atoms with Crippen LogP contribution in [0.25, 0.3) is 0 Å². The molecule has 1 fully saturated rings. The third-order valence-electron chi connectivity index (χ3n) is 2.27. The number of ether oxygens (including phenoxy) is 1. The lowest BCUT2D eigenvalue weighted by Crippen LogP contribution is -2.37. The van der Waals surface area contributed by atoms with Gasteiger partial charge in [0.05, 0.1) is 7.11 Å². The molecule has 0 aromatic heterocycles. The van der Waals surface area contributed by atoms with E-state index < -0.39 is 12.0 Å². The molecule has 2 N–H and O–H groups in total. The molecular weight excluding hydrogens is 158 g/mol. The molecule has 0 heterocycles. The van der Waals surface area contributed by atoms with Gasteiger partial charge in [0.25, 0.3) is 0 Å². The molecule has 0 bridgehead atoms. The van der Waals surface area contributed by atoms with Crippen molar-refractivity contribution in [2.45, 2.75) is 25.3 Å². The van der Waals surface area contributed by atoms with Crippen LogP contribution in [-0.4, -0.2) is 24.9 Å². The summed E-state index contributed by atoms with van der Waals surface area (Å²) in [5.74, 6) is -0.237. The van der Waals surface area contributed by atoms with Crippen LogP contribution in [0.1, 0.15) is 19.3 Å². The van der Waals surface area contributed by atoms with Crippen molar-refractivity contribution >= 4 is 11.8 Å². The molecule has 4 nitrogen and oxygen atoms in total. The molecule has 1 aliphatic rings. The van der Waals surface area contributed by atoms with Crippen LogP contribution in [0, 0.1) is 5.92 Å². The number of hydrogen-bond donors (Lipinski definition) is 1. The molecule has 1 rings (SSSR count). The van der Waals surface area contributed by atoms with Crippen LogP contribution in [0.5, 0.6) is 0 Å².